The Morgan fingerprint density at radius 2 is 2.21 bits per heavy atom. The molecule has 0 aliphatic heterocycles. The Morgan fingerprint density at radius 3 is 2.64 bits per heavy atom. The average Bonchev–Trinajstić information content (AvgIpc) is 2.46. The van der Waals surface area contributed by atoms with Crippen LogP contribution in [0.15, 0.2) is 15.9 Å². The molecule has 0 aromatic carbocycles. The van der Waals surface area contributed by atoms with Crippen molar-refractivity contribution in [2.45, 2.75) is 32.2 Å². The highest BCUT2D eigenvalue weighted by molar-refractivity contribution is 9.11. The van der Waals surface area contributed by atoms with Gasteiger partial charge in [0.25, 0.3) is 0 Å². The van der Waals surface area contributed by atoms with Gasteiger partial charge in [-0.1, -0.05) is 0 Å². The van der Waals surface area contributed by atoms with Gasteiger partial charge in [0.15, 0.2) is 5.78 Å². The minimum absolute atomic E-state index is 0.180. The van der Waals surface area contributed by atoms with E-state index in [1.54, 1.807) is 0 Å². The number of hydrogen-bond donors (Lipinski definition) is 1. The molecule has 1 aromatic heterocycles. The predicted octanol–water partition coefficient (Wildman–Crippen LogP) is 3.21. The lowest BCUT2D eigenvalue weighted by atomic mass is 9.98. The van der Waals surface area contributed by atoms with Gasteiger partial charge in [-0.15, -0.1) is 11.3 Å². The molecule has 0 saturated heterocycles. The molecule has 0 aliphatic carbocycles. The quantitative estimate of drug-likeness (QED) is 0.858. The lowest BCUT2D eigenvalue weighted by molar-refractivity contribution is 0.0976. The number of hydrogen-bond acceptors (Lipinski definition) is 3. The van der Waals surface area contributed by atoms with E-state index < -0.39 is 0 Å². The second kappa shape index (κ2) is 4.55. The molecule has 1 aromatic rings. The summed E-state index contributed by atoms with van der Waals surface area (Å²) in [6, 6.07) is 3.74. The molecule has 14 heavy (non-hydrogen) atoms. The Bertz CT molecular complexity index is 327. The third-order valence-corrected chi connectivity index (χ3v) is 3.51. The van der Waals surface area contributed by atoms with E-state index >= 15 is 0 Å². The Hall–Kier alpha value is -0.190. The first kappa shape index (κ1) is 11.9. The van der Waals surface area contributed by atoms with Gasteiger partial charge in [-0.25, -0.2) is 0 Å². The maximum Gasteiger partial charge on any atom is 0.172 e. The molecule has 0 spiro atoms. The molecule has 1 heterocycles. The zero-order valence-corrected chi connectivity index (χ0v) is 10.7. The Kier molecular flexibility index (Phi) is 3.86. The van der Waals surface area contributed by atoms with Crippen molar-refractivity contribution in [3.05, 3.63) is 20.8 Å². The van der Waals surface area contributed by atoms with Gasteiger partial charge in [-0.05, 0) is 48.3 Å². The standard InChI is InChI=1S/C10H14BrNOS/c1-10(2,12)6-5-7(13)8-3-4-9(11)14-8/h3-4H,5-6,12H2,1-2H3. The van der Waals surface area contributed by atoms with Gasteiger partial charge in [0, 0.05) is 12.0 Å². The normalized spacial score (nSPS) is 11.7. The fourth-order valence-corrected chi connectivity index (χ4v) is 2.38. The lowest BCUT2D eigenvalue weighted by Gasteiger charge is -2.16. The Morgan fingerprint density at radius 1 is 1.57 bits per heavy atom. The van der Waals surface area contributed by atoms with Crippen molar-refractivity contribution in [2.75, 3.05) is 0 Å². The molecule has 78 valence electrons. The molecule has 4 heteroatoms. The van der Waals surface area contributed by atoms with Crippen molar-refractivity contribution >= 4 is 33.0 Å². The summed E-state index contributed by atoms with van der Waals surface area (Å²) in [5.74, 6) is 0.180. The van der Waals surface area contributed by atoms with E-state index in [2.05, 4.69) is 15.9 Å². The second-order valence-corrected chi connectivity index (χ2v) is 6.48. The number of carbonyl (C=O) groups excluding carboxylic acids is 1. The van der Waals surface area contributed by atoms with Gasteiger partial charge in [0.2, 0.25) is 0 Å². The van der Waals surface area contributed by atoms with Crippen LogP contribution in [0.5, 0.6) is 0 Å². The maximum atomic E-state index is 11.6. The Balaban J connectivity index is 2.52. The van der Waals surface area contributed by atoms with Crippen LogP contribution in [0.3, 0.4) is 0 Å². The van der Waals surface area contributed by atoms with Gasteiger partial charge in [-0.2, -0.15) is 0 Å². The topological polar surface area (TPSA) is 43.1 Å². The van der Waals surface area contributed by atoms with Crippen LogP contribution in [-0.2, 0) is 0 Å². The summed E-state index contributed by atoms with van der Waals surface area (Å²) in [5, 5.41) is 0. The minimum Gasteiger partial charge on any atom is -0.326 e. The number of carbonyl (C=O) groups is 1. The summed E-state index contributed by atoms with van der Waals surface area (Å²) in [5.41, 5.74) is 5.55. The molecular formula is C10H14BrNOS. The molecule has 0 radical (unpaired) electrons. The van der Waals surface area contributed by atoms with Crippen molar-refractivity contribution in [2.24, 2.45) is 5.73 Å². The molecule has 0 saturated carbocycles. The number of nitrogens with two attached hydrogens (primary N) is 1. The van der Waals surface area contributed by atoms with Crippen LogP contribution in [-0.4, -0.2) is 11.3 Å². The van der Waals surface area contributed by atoms with Crippen LogP contribution >= 0.6 is 27.3 Å². The Labute approximate surface area is 96.6 Å². The summed E-state index contributed by atoms with van der Waals surface area (Å²) < 4.78 is 0.993. The molecule has 2 nitrogen and oxygen atoms in total. The first-order chi connectivity index (χ1) is 6.38. The highest BCUT2D eigenvalue weighted by Crippen LogP contribution is 2.24. The van der Waals surface area contributed by atoms with Crippen molar-refractivity contribution in [1.29, 1.82) is 0 Å². The predicted molar refractivity (Wildman–Crippen MR) is 63.8 cm³/mol. The highest BCUT2D eigenvalue weighted by atomic mass is 79.9. The molecule has 0 unspecified atom stereocenters. The minimum atomic E-state index is -0.260. The van der Waals surface area contributed by atoms with Crippen LogP contribution in [0.4, 0.5) is 0 Å². The van der Waals surface area contributed by atoms with Crippen LogP contribution in [0.25, 0.3) is 0 Å². The molecule has 0 amide bonds. The summed E-state index contributed by atoms with van der Waals surface area (Å²) >= 11 is 4.81. The number of ketones is 1. The van der Waals surface area contributed by atoms with E-state index in [0.717, 1.165) is 15.1 Å². The summed E-state index contributed by atoms with van der Waals surface area (Å²) in [6.07, 6.45) is 1.25. The molecule has 0 atom stereocenters. The molecular weight excluding hydrogens is 262 g/mol. The summed E-state index contributed by atoms with van der Waals surface area (Å²) in [4.78, 5) is 12.4. The SMILES string of the molecule is CC(C)(N)CCC(=O)c1ccc(Br)s1. The molecule has 1 rings (SSSR count). The fraction of sp³-hybridized carbons (Fsp3) is 0.500. The van der Waals surface area contributed by atoms with Crippen molar-refractivity contribution in [3.8, 4) is 0 Å². The van der Waals surface area contributed by atoms with Crippen LogP contribution in [0.2, 0.25) is 0 Å². The highest BCUT2D eigenvalue weighted by Gasteiger charge is 2.15. The number of rotatable bonds is 4. The van der Waals surface area contributed by atoms with Crippen LogP contribution in [0.1, 0.15) is 36.4 Å². The zero-order chi connectivity index (χ0) is 10.8. The number of halogens is 1. The van der Waals surface area contributed by atoms with Gasteiger partial charge < -0.3 is 5.73 Å². The largest absolute Gasteiger partial charge is 0.326 e. The second-order valence-electron chi connectivity index (χ2n) is 4.02. The molecule has 0 bridgehead atoms. The molecule has 0 fully saturated rings. The number of thiophene rings is 1. The average molecular weight is 276 g/mol. The third-order valence-electron chi connectivity index (χ3n) is 1.84. The van der Waals surface area contributed by atoms with Gasteiger partial charge in [0.05, 0.1) is 8.66 Å². The molecule has 0 aliphatic rings. The van der Waals surface area contributed by atoms with Gasteiger partial charge in [0.1, 0.15) is 0 Å². The third kappa shape index (κ3) is 3.90. The van der Waals surface area contributed by atoms with E-state index in [1.807, 2.05) is 26.0 Å². The smallest absolute Gasteiger partial charge is 0.172 e. The molecule has 2 N–H and O–H groups in total. The first-order valence-electron chi connectivity index (χ1n) is 4.46. The van der Waals surface area contributed by atoms with Crippen molar-refractivity contribution < 1.29 is 4.79 Å². The van der Waals surface area contributed by atoms with E-state index in [-0.39, 0.29) is 11.3 Å². The van der Waals surface area contributed by atoms with Crippen LogP contribution in [0, 0.1) is 0 Å². The summed E-state index contributed by atoms with van der Waals surface area (Å²) in [6.45, 7) is 3.87. The zero-order valence-electron chi connectivity index (χ0n) is 8.34. The summed E-state index contributed by atoms with van der Waals surface area (Å²) in [7, 11) is 0. The van der Waals surface area contributed by atoms with E-state index in [0.29, 0.717) is 6.42 Å². The van der Waals surface area contributed by atoms with E-state index in [1.165, 1.54) is 11.3 Å². The maximum absolute atomic E-state index is 11.6. The van der Waals surface area contributed by atoms with E-state index in [9.17, 15) is 4.79 Å². The van der Waals surface area contributed by atoms with E-state index in [4.69, 9.17) is 5.73 Å². The lowest BCUT2D eigenvalue weighted by Crippen LogP contribution is -2.32. The first-order valence-corrected chi connectivity index (χ1v) is 6.07. The van der Waals surface area contributed by atoms with Gasteiger partial charge >= 0.3 is 0 Å². The number of Topliss-reactive ketones (excluding diaryl/α,β-unsaturated/α-hetero) is 1. The van der Waals surface area contributed by atoms with Crippen LogP contribution < -0.4 is 5.73 Å². The monoisotopic (exact) mass is 275 g/mol. The fourth-order valence-electron chi connectivity index (χ4n) is 1.02. The van der Waals surface area contributed by atoms with Gasteiger partial charge in [-0.3, -0.25) is 4.79 Å². The van der Waals surface area contributed by atoms with Crippen molar-refractivity contribution in [3.63, 3.8) is 0 Å². The van der Waals surface area contributed by atoms with Crippen molar-refractivity contribution in [1.82, 2.24) is 0 Å².